The summed E-state index contributed by atoms with van der Waals surface area (Å²) < 4.78 is 0. The largest absolute Gasteiger partial charge is 0.0814 e. The van der Waals surface area contributed by atoms with Gasteiger partial charge in [0.2, 0.25) is 0 Å². The van der Waals surface area contributed by atoms with Crippen molar-refractivity contribution in [2.75, 3.05) is 0 Å². The molecule has 0 nitrogen and oxygen atoms in total. The molecule has 2 aliphatic rings. The van der Waals surface area contributed by atoms with Gasteiger partial charge in [-0.15, -0.1) is 0 Å². The van der Waals surface area contributed by atoms with E-state index < -0.39 is 0 Å². The number of rotatable bonds is 2. The van der Waals surface area contributed by atoms with Gasteiger partial charge in [-0.05, 0) is 52.6 Å². The van der Waals surface area contributed by atoms with Crippen LogP contribution in [0.15, 0.2) is 96.6 Å². The van der Waals surface area contributed by atoms with Crippen molar-refractivity contribution in [3.05, 3.63) is 119 Å². The summed E-state index contributed by atoms with van der Waals surface area (Å²) in [5.74, 6) is 0.561. The highest BCUT2D eigenvalue weighted by Gasteiger charge is 2.48. The van der Waals surface area contributed by atoms with Gasteiger partial charge >= 0.3 is 0 Å². The van der Waals surface area contributed by atoms with E-state index in [1.807, 2.05) is 0 Å². The van der Waals surface area contributed by atoms with Crippen LogP contribution in [0.4, 0.5) is 0 Å². The minimum atomic E-state index is -0.197. The van der Waals surface area contributed by atoms with E-state index in [-0.39, 0.29) is 5.41 Å². The molecule has 0 heterocycles. The molecule has 0 bridgehead atoms. The van der Waals surface area contributed by atoms with E-state index >= 15 is 0 Å². The molecule has 3 aromatic rings. The normalized spacial score (nSPS) is 22.9. The third kappa shape index (κ3) is 2.23. The summed E-state index contributed by atoms with van der Waals surface area (Å²) in [6, 6.07) is 26.9. The highest BCUT2D eigenvalue weighted by atomic mass is 14.5. The van der Waals surface area contributed by atoms with E-state index in [1.54, 1.807) is 0 Å². The van der Waals surface area contributed by atoms with Gasteiger partial charge in [0, 0.05) is 0 Å². The molecule has 0 aliphatic heterocycles. The van der Waals surface area contributed by atoms with Crippen molar-refractivity contribution in [1.82, 2.24) is 0 Å². The average Bonchev–Trinajstić information content (AvgIpc) is 3.02. The summed E-state index contributed by atoms with van der Waals surface area (Å²) >= 11 is 0. The van der Waals surface area contributed by atoms with Crippen molar-refractivity contribution in [3.8, 4) is 11.1 Å². The van der Waals surface area contributed by atoms with E-state index in [1.165, 1.54) is 39.0 Å². The molecule has 0 N–H and O–H groups in total. The molecule has 0 heteroatoms. The van der Waals surface area contributed by atoms with Crippen molar-refractivity contribution in [2.45, 2.75) is 25.7 Å². The number of fused-ring (bicyclic) bond motifs is 3. The smallest absolute Gasteiger partial charge is 0.0679 e. The molecule has 0 radical (unpaired) electrons. The SMILES string of the molecule is Cc1cccc2c1C(C1=CC=CC(C)C1)(c1ccccc1)c1ccccc1-2. The van der Waals surface area contributed by atoms with E-state index in [0.717, 1.165) is 6.42 Å². The Balaban J connectivity index is 1.95. The zero-order valence-corrected chi connectivity index (χ0v) is 15.9. The van der Waals surface area contributed by atoms with Gasteiger partial charge in [0.25, 0.3) is 0 Å². The van der Waals surface area contributed by atoms with Crippen LogP contribution in [0, 0.1) is 12.8 Å². The highest BCUT2D eigenvalue weighted by Crippen LogP contribution is 2.58. The third-order valence-electron chi connectivity index (χ3n) is 6.24. The minimum absolute atomic E-state index is 0.197. The van der Waals surface area contributed by atoms with Crippen LogP contribution in [-0.2, 0) is 5.41 Å². The second kappa shape index (κ2) is 6.09. The third-order valence-corrected chi connectivity index (χ3v) is 6.24. The lowest BCUT2D eigenvalue weighted by Crippen LogP contribution is -2.31. The molecule has 0 fully saturated rings. The molecule has 0 amide bonds. The first-order chi connectivity index (χ1) is 13.2. The van der Waals surface area contributed by atoms with Crippen LogP contribution < -0.4 is 0 Å². The van der Waals surface area contributed by atoms with Gasteiger partial charge < -0.3 is 0 Å². The molecule has 27 heavy (non-hydrogen) atoms. The number of allylic oxidation sites excluding steroid dienone is 4. The fourth-order valence-electron chi connectivity index (χ4n) is 5.20. The van der Waals surface area contributed by atoms with Crippen LogP contribution in [-0.4, -0.2) is 0 Å². The van der Waals surface area contributed by atoms with Gasteiger partial charge in [-0.25, -0.2) is 0 Å². The summed E-state index contributed by atoms with van der Waals surface area (Å²) in [5, 5.41) is 0. The van der Waals surface area contributed by atoms with Crippen molar-refractivity contribution < 1.29 is 0 Å². The Labute approximate surface area is 161 Å². The Kier molecular flexibility index (Phi) is 3.68. The van der Waals surface area contributed by atoms with Crippen LogP contribution in [0.25, 0.3) is 11.1 Å². The molecular formula is C27H24. The van der Waals surface area contributed by atoms with E-state index in [4.69, 9.17) is 0 Å². The lowest BCUT2D eigenvalue weighted by molar-refractivity contribution is 0.613. The Morgan fingerprint density at radius 2 is 1.56 bits per heavy atom. The molecule has 2 atom stereocenters. The van der Waals surface area contributed by atoms with Crippen molar-refractivity contribution in [1.29, 1.82) is 0 Å². The van der Waals surface area contributed by atoms with Gasteiger partial charge in [0.1, 0.15) is 0 Å². The van der Waals surface area contributed by atoms with Gasteiger partial charge in [0.05, 0.1) is 5.41 Å². The van der Waals surface area contributed by atoms with Gasteiger partial charge in [-0.1, -0.05) is 104 Å². The summed E-state index contributed by atoms with van der Waals surface area (Å²) in [7, 11) is 0. The van der Waals surface area contributed by atoms with E-state index in [0.29, 0.717) is 5.92 Å². The molecule has 5 rings (SSSR count). The summed E-state index contributed by atoms with van der Waals surface area (Å²) in [4.78, 5) is 0. The fourth-order valence-corrected chi connectivity index (χ4v) is 5.20. The molecule has 0 saturated carbocycles. The van der Waals surface area contributed by atoms with E-state index in [9.17, 15) is 0 Å². The van der Waals surface area contributed by atoms with E-state index in [2.05, 4.69) is 105 Å². The molecule has 0 aromatic heterocycles. The Bertz CT molecular complexity index is 1070. The maximum Gasteiger partial charge on any atom is 0.0679 e. The van der Waals surface area contributed by atoms with Crippen LogP contribution >= 0.6 is 0 Å². The van der Waals surface area contributed by atoms with Crippen LogP contribution in [0.3, 0.4) is 0 Å². The average molecular weight is 348 g/mol. The Morgan fingerprint density at radius 1 is 0.815 bits per heavy atom. The number of hydrogen-bond acceptors (Lipinski definition) is 0. The van der Waals surface area contributed by atoms with Crippen molar-refractivity contribution in [2.24, 2.45) is 5.92 Å². The Hall–Kier alpha value is -2.86. The first kappa shape index (κ1) is 16.3. The monoisotopic (exact) mass is 348 g/mol. The second-order valence-electron chi connectivity index (χ2n) is 7.92. The first-order valence-corrected chi connectivity index (χ1v) is 9.86. The summed E-state index contributed by atoms with van der Waals surface area (Å²) in [6.07, 6.45) is 8.04. The Morgan fingerprint density at radius 3 is 2.37 bits per heavy atom. The summed E-state index contributed by atoms with van der Waals surface area (Å²) in [6.45, 7) is 4.59. The van der Waals surface area contributed by atoms with Gasteiger partial charge in [-0.2, -0.15) is 0 Å². The number of hydrogen-bond donors (Lipinski definition) is 0. The maximum absolute atomic E-state index is 2.37. The predicted molar refractivity (Wildman–Crippen MR) is 114 cm³/mol. The molecule has 0 saturated heterocycles. The lowest BCUT2D eigenvalue weighted by Gasteiger charge is -2.38. The van der Waals surface area contributed by atoms with Crippen molar-refractivity contribution >= 4 is 0 Å². The second-order valence-corrected chi connectivity index (χ2v) is 7.92. The molecule has 0 spiro atoms. The van der Waals surface area contributed by atoms with Crippen LogP contribution in [0.5, 0.6) is 0 Å². The first-order valence-electron chi connectivity index (χ1n) is 9.86. The minimum Gasteiger partial charge on any atom is -0.0814 e. The molecular weight excluding hydrogens is 324 g/mol. The van der Waals surface area contributed by atoms with Gasteiger partial charge in [0.15, 0.2) is 0 Å². The van der Waals surface area contributed by atoms with Crippen LogP contribution in [0.2, 0.25) is 0 Å². The molecule has 132 valence electrons. The lowest BCUT2D eigenvalue weighted by atomic mass is 9.63. The molecule has 2 unspecified atom stereocenters. The standard InChI is InChI=1S/C27H24/c1-19-10-8-14-22(18-19)27(21-12-4-3-5-13-21)25-17-7-6-15-23(25)24-16-9-11-20(2)26(24)27/h3-17,19H,18H2,1-2H3. The quantitative estimate of drug-likeness (QED) is 0.476. The van der Waals surface area contributed by atoms with Crippen molar-refractivity contribution in [3.63, 3.8) is 0 Å². The zero-order chi connectivity index (χ0) is 18.4. The predicted octanol–water partition coefficient (Wildman–Crippen LogP) is 6.83. The molecule has 2 aliphatic carbocycles. The number of benzene rings is 3. The topological polar surface area (TPSA) is 0 Å². The van der Waals surface area contributed by atoms with Crippen LogP contribution in [0.1, 0.15) is 35.6 Å². The maximum atomic E-state index is 2.37. The number of aryl methyl sites for hydroxylation is 1. The molecule has 3 aromatic carbocycles. The van der Waals surface area contributed by atoms with Gasteiger partial charge in [-0.3, -0.25) is 0 Å². The summed E-state index contributed by atoms with van der Waals surface area (Å²) in [5.41, 5.74) is 9.71. The fraction of sp³-hybridized carbons (Fsp3) is 0.185. The zero-order valence-electron chi connectivity index (χ0n) is 15.9. The highest BCUT2D eigenvalue weighted by molar-refractivity contribution is 5.87.